The number of alkyl halides is 2. The van der Waals surface area contributed by atoms with Gasteiger partial charge in [0.1, 0.15) is 23.9 Å². The summed E-state index contributed by atoms with van der Waals surface area (Å²) in [5, 5.41) is 15.0. The number of benzene rings is 5. The minimum absolute atomic E-state index is 0.0619. The van der Waals surface area contributed by atoms with Crippen molar-refractivity contribution in [3.8, 4) is 11.5 Å². The van der Waals surface area contributed by atoms with E-state index in [4.69, 9.17) is 27.9 Å². The second-order valence-corrected chi connectivity index (χ2v) is 16.0. The van der Waals surface area contributed by atoms with Crippen LogP contribution in [0.4, 0.5) is 27.1 Å². The summed E-state index contributed by atoms with van der Waals surface area (Å²) in [5.74, 6) is -6.84. The molecule has 2 heterocycles. The van der Waals surface area contributed by atoms with Crippen LogP contribution in [-0.4, -0.2) is 38.5 Å². The summed E-state index contributed by atoms with van der Waals surface area (Å²) >= 11 is 15.0. The van der Waals surface area contributed by atoms with Crippen molar-refractivity contribution in [3.05, 3.63) is 156 Å². The van der Waals surface area contributed by atoms with Crippen LogP contribution < -0.4 is 19.9 Å². The van der Waals surface area contributed by atoms with Crippen molar-refractivity contribution >= 4 is 69.6 Å². The lowest BCUT2D eigenvalue weighted by atomic mass is 9.56. The molecule has 57 heavy (non-hydrogen) atoms. The molecule has 2 N–H and O–H groups in total. The third-order valence-corrected chi connectivity index (χ3v) is 13.1. The van der Waals surface area contributed by atoms with E-state index in [2.05, 4.69) is 5.32 Å². The lowest BCUT2D eigenvalue weighted by Gasteiger charge is -2.50. The molecular weight excluding hydrogens is 768 g/mol. The molecule has 286 valence electrons. The Hall–Kier alpha value is -5.97. The predicted molar refractivity (Wildman–Crippen MR) is 214 cm³/mol. The first-order valence-electron chi connectivity index (χ1n) is 18.5. The minimum Gasteiger partial charge on any atom is -0.508 e. The maximum Gasteiger partial charge on any atom is 0.258 e. The van der Waals surface area contributed by atoms with Crippen LogP contribution in [0.15, 0.2) is 139 Å². The number of allylic oxidation sites excluding steroid dienone is 2. The van der Waals surface area contributed by atoms with Crippen molar-refractivity contribution in [1.82, 2.24) is 0 Å². The van der Waals surface area contributed by atoms with E-state index in [1.807, 2.05) is 60.7 Å². The van der Waals surface area contributed by atoms with Gasteiger partial charge in [0, 0.05) is 28.9 Å². The van der Waals surface area contributed by atoms with Gasteiger partial charge in [0.05, 0.1) is 23.2 Å². The number of phenols is 1. The highest BCUT2D eigenvalue weighted by Crippen LogP contribution is 2.66. The van der Waals surface area contributed by atoms with E-state index in [0.717, 1.165) is 34.0 Å². The summed E-state index contributed by atoms with van der Waals surface area (Å²) in [7, 11) is 0. The molecule has 4 amide bonds. The van der Waals surface area contributed by atoms with Crippen molar-refractivity contribution in [2.24, 2.45) is 17.8 Å². The second-order valence-electron chi connectivity index (χ2n) is 14.8. The highest BCUT2D eigenvalue weighted by molar-refractivity contribution is 6.58. The number of nitrogens with zero attached hydrogens (tertiary/aromatic N) is 2. The van der Waals surface area contributed by atoms with Gasteiger partial charge in [-0.3, -0.25) is 24.1 Å². The molecule has 0 radical (unpaired) electrons. The van der Waals surface area contributed by atoms with Crippen LogP contribution in [0.2, 0.25) is 0 Å². The number of hydrogen-bond acceptors (Lipinski definition) is 7. The van der Waals surface area contributed by atoms with Crippen molar-refractivity contribution in [3.63, 3.8) is 0 Å². The van der Waals surface area contributed by atoms with Gasteiger partial charge in [-0.25, -0.2) is 9.29 Å². The highest BCUT2D eigenvalue weighted by Gasteiger charge is 2.77. The summed E-state index contributed by atoms with van der Waals surface area (Å²) in [4.78, 5) is 55.7. The molecule has 0 spiro atoms. The number of carbonyl (C=O) groups excluding carboxylic acids is 4. The molecule has 0 bridgehead atoms. The van der Waals surface area contributed by atoms with E-state index in [1.165, 1.54) is 23.1 Å². The fourth-order valence-corrected chi connectivity index (χ4v) is 9.91. The van der Waals surface area contributed by atoms with Crippen LogP contribution in [0.1, 0.15) is 29.9 Å². The van der Waals surface area contributed by atoms with Crippen molar-refractivity contribution in [1.29, 1.82) is 0 Å². The number of hydrogen-bond donors (Lipinski definition) is 2. The van der Waals surface area contributed by atoms with Gasteiger partial charge in [0.2, 0.25) is 11.8 Å². The first-order chi connectivity index (χ1) is 27.5. The summed E-state index contributed by atoms with van der Waals surface area (Å²) in [6.07, 6.45) is 1.69. The molecule has 5 aromatic rings. The number of halogens is 3. The van der Waals surface area contributed by atoms with Gasteiger partial charge in [0.25, 0.3) is 11.8 Å². The van der Waals surface area contributed by atoms with Crippen LogP contribution in [0.5, 0.6) is 11.5 Å². The smallest absolute Gasteiger partial charge is 0.258 e. The van der Waals surface area contributed by atoms with Crippen LogP contribution in [0, 0.1) is 23.6 Å². The Bertz CT molecular complexity index is 2470. The zero-order chi connectivity index (χ0) is 39.6. The Morgan fingerprint density at radius 2 is 1.37 bits per heavy atom. The van der Waals surface area contributed by atoms with Crippen molar-refractivity contribution in [2.45, 2.75) is 35.1 Å². The standard InChI is InChI=1S/C45H34Cl2FN3O6/c46-44-24-36-33(21-22-35-38(36)41(54)50(40(35)53)30-17-13-29(14-18-30)49-28-9-5-2-6-10-28)39(34-20-19-32(23-37(34)52)57-25-26-7-3-1-4-8-26)45(44,47)43(56)51(42(44)55)31-15-11-27(48)12-16-31/h1-21,23,35-36,38-39,49,52H,22,24-25H2. The van der Waals surface area contributed by atoms with Crippen LogP contribution in [-0.2, 0) is 25.8 Å². The van der Waals surface area contributed by atoms with Gasteiger partial charge in [-0.2, -0.15) is 0 Å². The molecule has 1 saturated carbocycles. The SMILES string of the molecule is O=C1C2CC=C3C(CC4(Cl)C(=O)N(c5ccc(F)cc5)C(=O)C4(Cl)C3c3ccc(OCc4ccccc4)cc3O)C2C(=O)N1c1ccc(Nc2ccccc2)cc1. The van der Waals surface area contributed by atoms with E-state index in [-0.39, 0.29) is 36.4 Å². The van der Waals surface area contributed by atoms with E-state index in [1.54, 1.807) is 42.5 Å². The number of anilines is 4. The maximum atomic E-state index is 14.7. The topological polar surface area (TPSA) is 116 Å². The third kappa shape index (κ3) is 5.80. The number of rotatable bonds is 8. The highest BCUT2D eigenvalue weighted by atomic mass is 35.5. The average molecular weight is 803 g/mol. The van der Waals surface area contributed by atoms with Crippen LogP contribution in [0.3, 0.4) is 0 Å². The number of imide groups is 2. The summed E-state index contributed by atoms with van der Waals surface area (Å²) < 4.78 is 20.0. The van der Waals surface area contributed by atoms with Gasteiger partial charge in [-0.15, -0.1) is 23.2 Å². The van der Waals surface area contributed by atoms with E-state index in [0.29, 0.717) is 17.0 Å². The quantitative estimate of drug-likeness (QED) is 0.0918. The molecule has 2 aliphatic carbocycles. The fourth-order valence-electron chi connectivity index (χ4n) is 8.98. The molecular formula is C45H34Cl2FN3O6. The fraction of sp³-hybridized carbons (Fsp3) is 0.200. The third-order valence-electron chi connectivity index (χ3n) is 11.6. The maximum absolute atomic E-state index is 14.7. The number of ether oxygens (including phenoxy) is 1. The van der Waals surface area contributed by atoms with Gasteiger partial charge in [-0.1, -0.05) is 66.2 Å². The molecule has 2 saturated heterocycles. The Labute approximate surface area is 337 Å². The normalized spacial score (nSPS) is 26.5. The molecule has 6 unspecified atom stereocenters. The minimum atomic E-state index is -2.20. The molecule has 5 aromatic carbocycles. The Morgan fingerprint density at radius 1 is 0.737 bits per heavy atom. The number of aromatic hydroxyl groups is 1. The van der Waals surface area contributed by atoms with E-state index in [9.17, 15) is 28.7 Å². The first-order valence-corrected chi connectivity index (χ1v) is 19.3. The lowest BCUT2D eigenvalue weighted by Crippen LogP contribution is -2.60. The molecule has 3 fully saturated rings. The molecule has 4 aliphatic rings. The number of fused-ring (bicyclic) bond motifs is 4. The largest absolute Gasteiger partial charge is 0.508 e. The Kier molecular flexibility index (Phi) is 8.94. The average Bonchev–Trinajstić information content (AvgIpc) is 3.56. The van der Waals surface area contributed by atoms with Gasteiger partial charge in [-0.05, 0) is 91.1 Å². The Morgan fingerprint density at radius 3 is 2.05 bits per heavy atom. The number of nitrogens with one attached hydrogen (secondary N) is 1. The zero-order valence-electron chi connectivity index (χ0n) is 30.1. The number of carbonyl (C=O) groups is 4. The van der Waals surface area contributed by atoms with Crippen molar-refractivity contribution < 1.29 is 33.4 Å². The molecule has 9 nitrogen and oxygen atoms in total. The monoisotopic (exact) mass is 801 g/mol. The molecule has 9 rings (SSSR count). The molecule has 12 heteroatoms. The van der Waals surface area contributed by atoms with E-state index < -0.39 is 62.9 Å². The molecule has 0 aromatic heterocycles. The summed E-state index contributed by atoms with van der Waals surface area (Å²) in [6.45, 7) is 0.224. The van der Waals surface area contributed by atoms with Gasteiger partial charge in [0.15, 0.2) is 9.75 Å². The van der Waals surface area contributed by atoms with Crippen LogP contribution >= 0.6 is 23.2 Å². The molecule has 2 aliphatic heterocycles. The Balaban J connectivity index is 1.10. The predicted octanol–water partition coefficient (Wildman–Crippen LogP) is 8.62. The van der Waals surface area contributed by atoms with Crippen molar-refractivity contribution in [2.75, 3.05) is 15.1 Å². The summed E-state index contributed by atoms with van der Waals surface area (Å²) in [5.41, 5.74) is 3.69. The lowest BCUT2D eigenvalue weighted by molar-refractivity contribution is -0.125. The summed E-state index contributed by atoms with van der Waals surface area (Å²) in [6, 6.07) is 35.4. The zero-order valence-corrected chi connectivity index (χ0v) is 31.7. The number of para-hydroxylation sites is 1. The van der Waals surface area contributed by atoms with Gasteiger partial charge < -0.3 is 15.2 Å². The van der Waals surface area contributed by atoms with Crippen LogP contribution in [0.25, 0.3) is 0 Å². The number of phenolic OH excluding ortho intramolecular Hbond substituents is 1. The number of amides is 4. The first kappa shape index (κ1) is 36.7. The van der Waals surface area contributed by atoms with E-state index >= 15 is 0 Å². The molecule has 6 atom stereocenters. The van der Waals surface area contributed by atoms with Gasteiger partial charge >= 0.3 is 0 Å². The second kappa shape index (κ2) is 13.9.